The zero-order valence-electron chi connectivity index (χ0n) is 14.5. The van der Waals surface area contributed by atoms with Crippen molar-refractivity contribution in [1.82, 2.24) is 15.1 Å². The number of amides is 1. The van der Waals surface area contributed by atoms with E-state index in [1.165, 1.54) is 17.9 Å². The number of nitrogens with one attached hydrogen (secondary N) is 1. The molecule has 3 aromatic rings. The minimum absolute atomic E-state index is 0.0544. The van der Waals surface area contributed by atoms with Gasteiger partial charge in [-0.2, -0.15) is 9.78 Å². The van der Waals surface area contributed by atoms with Crippen LogP contribution in [0.1, 0.15) is 29.0 Å². The van der Waals surface area contributed by atoms with Crippen molar-refractivity contribution in [3.05, 3.63) is 88.3 Å². The standard InChI is InChI=1S/C20H19N3O3/c1-14(15-9-5-3-6-10-15)21-20(25)19-17(26-2)13-18(24)23(22-19)16-11-7-4-8-12-16/h3-14H,1-2H3,(H,21,25)/t14-/m1/s1. The highest BCUT2D eigenvalue weighted by atomic mass is 16.5. The molecule has 1 amide bonds. The summed E-state index contributed by atoms with van der Waals surface area (Å²) in [5, 5.41) is 7.12. The summed E-state index contributed by atoms with van der Waals surface area (Å²) < 4.78 is 6.37. The first-order chi connectivity index (χ1) is 12.6. The number of hydrogen-bond donors (Lipinski definition) is 1. The number of ether oxygens (including phenoxy) is 1. The van der Waals surface area contributed by atoms with Crippen molar-refractivity contribution in [2.24, 2.45) is 0 Å². The van der Waals surface area contributed by atoms with E-state index < -0.39 is 5.91 Å². The van der Waals surface area contributed by atoms with Crippen molar-refractivity contribution < 1.29 is 9.53 Å². The first-order valence-electron chi connectivity index (χ1n) is 8.19. The summed E-state index contributed by atoms with van der Waals surface area (Å²) in [7, 11) is 1.40. The second kappa shape index (κ2) is 7.65. The number of nitrogens with zero attached hydrogens (tertiary/aromatic N) is 2. The highest BCUT2D eigenvalue weighted by Gasteiger charge is 2.20. The van der Waals surface area contributed by atoms with E-state index in [9.17, 15) is 9.59 Å². The molecule has 1 aromatic heterocycles. The van der Waals surface area contributed by atoms with E-state index in [1.807, 2.05) is 43.3 Å². The van der Waals surface area contributed by atoms with Crippen molar-refractivity contribution in [2.75, 3.05) is 7.11 Å². The molecule has 2 aromatic carbocycles. The summed E-state index contributed by atoms with van der Waals surface area (Å²) in [6.07, 6.45) is 0. The molecule has 1 heterocycles. The van der Waals surface area contributed by atoms with E-state index in [0.29, 0.717) is 5.69 Å². The van der Waals surface area contributed by atoms with Crippen LogP contribution in [0.4, 0.5) is 0 Å². The fraction of sp³-hybridized carbons (Fsp3) is 0.150. The van der Waals surface area contributed by atoms with Crippen LogP contribution < -0.4 is 15.6 Å². The van der Waals surface area contributed by atoms with Gasteiger partial charge in [0.05, 0.1) is 24.9 Å². The Kier molecular flexibility index (Phi) is 5.12. The van der Waals surface area contributed by atoms with E-state index in [0.717, 1.165) is 5.56 Å². The maximum atomic E-state index is 12.7. The summed E-state index contributed by atoms with van der Waals surface area (Å²) in [5.74, 6) is -0.275. The van der Waals surface area contributed by atoms with Gasteiger partial charge in [0, 0.05) is 0 Å². The van der Waals surface area contributed by atoms with Gasteiger partial charge >= 0.3 is 0 Å². The van der Waals surface area contributed by atoms with Crippen LogP contribution in [0.15, 0.2) is 71.5 Å². The number of benzene rings is 2. The third kappa shape index (κ3) is 3.64. The lowest BCUT2D eigenvalue weighted by atomic mass is 10.1. The van der Waals surface area contributed by atoms with Crippen LogP contribution in [0, 0.1) is 0 Å². The molecule has 6 heteroatoms. The summed E-state index contributed by atoms with van der Waals surface area (Å²) in [5.41, 5.74) is 1.22. The maximum Gasteiger partial charge on any atom is 0.276 e. The summed E-state index contributed by atoms with van der Waals surface area (Å²) in [6.45, 7) is 1.88. The molecule has 0 radical (unpaired) electrons. The molecule has 0 saturated carbocycles. The Morgan fingerprint density at radius 3 is 2.31 bits per heavy atom. The molecule has 0 aliphatic rings. The van der Waals surface area contributed by atoms with E-state index in [1.54, 1.807) is 24.3 Å². The molecule has 0 fully saturated rings. The van der Waals surface area contributed by atoms with Crippen LogP contribution in [0.2, 0.25) is 0 Å². The Morgan fingerprint density at radius 1 is 1.08 bits per heavy atom. The molecule has 26 heavy (non-hydrogen) atoms. The Bertz CT molecular complexity index is 953. The normalized spacial score (nSPS) is 11.6. The summed E-state index contributed by atoms with van der Waals surface area (Å²) in [4.78, 5) is 25.0. The average Bonchev–Trinajstić information content (AvgIpc) is 2.68. The minimum Gasteiger partial charge on any atom is -0.494 e. The van der Waals surface area contributed by atoms with Crippen molar-refractivity contribution in [3.63, 3.8) is 0 Å². The van der Waals surface area contributed by atoms with Gasteiger partial charge in [0.15, 0.2) is 11.4 Å². The van der Waals surface area contributed by atoms with E-state index in [4.69, 9.17) is 4.74 Å². The third-order valence-electron chi connectivity index (χ3n) is 3.98. The summed E-state index contributed by atoms with van der Waals surface area (Å²) >= 11 is 0. The molecule has 0 aliphatic carbocycles. The largest absolute Gasteiger partial charge is 0.494 e. The number of methoxy groups -OCH3 is 1. The van der Waals surface area contributed by atoms with Crippen LogP contribution in [0.3, 0.4) is 0 Å². The predicted molar refractivity (Wildman–Crippen MR) is 98.7 cm³/mol. The number of aromatic nitrogens is 2. The predicted octanol–water partition coefficient (Wildman–Crippen LogP) is 2.73. The van der Waals surface area contributed by atoms with Crippen molar-refractivity contribution in [2.45, 2.75) is 13.0 Å². The van der Waals surface area contributed by atoms with Gasteiger partial charge in [-0.1, -0.05) is 48.5 Å². The highest BCUT2D eigenvalue weighted by Crippen LogP contribution is 2.17. The van der Waals surface area contributed by atoms with Gasteiger partial charge in [-0.15, -0.1) is 0 Å². The van der Waals surface area contributed by atoms with Gasteiger partial charge in [0.25, 0.3) is 11.5 Å². The number of carbonyl (C=O) groups excluding carboxylic acids is 1. The fourth-order valence-corrected chi connectivity index (χ4v) is 2.60. The first kappa shape index (κ1) is 17.4. The minimum atomic E-state index is -0.414. The maximum absolute atomic E-state index is 12.7. The molecule has 0 saturated heterocycles. The number of carbonyl (C=O) groups is 1. The highest BCUT2D eigenvalue weighted by molar-refractivity contribution is 5.95. The fourth-order valence-electron chi connectivity index (χ4n) is 2.60. The molecule has 6 nitrogen and oxygen atoms in total. The lowest BCUT2D eigenvalue weighted by molar-refractivity contribution is 0.0929. The Labute approximate surface area is 151 Å². The third-order valence-corrected chi connectivity index (χ3v) is 3.98. The topological polar surface area (TPSA) is 73.2 Å². The average molecular weight is 349 g/mol. The van der Waals surface area contributed by atoms with E-state index in [2.05, 4.69) is 10.4 Å². The van der Waals surface area contributed by atoms with E-state index >= 15 is 0 Å². The molecule has 0 aliphatic heterocycles. The van der Waals surface area contributed by atoms with Gasteiger partial charge in [-0.05, 0) is 24.6 Å². The molecule has 1 atom stereocenters. The Hall–Kier alpha value is -3.41. The molecular weight excluding hydrogens is 330 g/mol. The van der Waals surface area contributed by atoms with E-state index in [-0.39, 0.29) is 23.0 Å². The molecular formula is C20H19N3O3. The van der Waals surface area contributed by atoms with Crippen molar-refractivity contribution in [1.29, 1.82) is 0 Å². The molecule has 0 bridgehead atoms. The van der Waals surface area contributed by atoms with Gasteiger partial charge in [-0.25, -0.2) is 0 Å². The van der Waals surface area contributed by atoms with Crippen LogP contribution in [0.5, 0.6) is 5.75 Å². The smallest absolute Gasteiger partial charge is 0.276 e. The molecule has 0 unspecified atom stereocenters. The van der Waals surface area contributed by atoms with Crippen molar-refractivity contribution in [3.8, 4) is 11.4 Å². The van der Waals surface area contributed by atoms with Crippen LogP contribution in [-0.4, -0.2) is 22.8 Å². The number of hydrogen-bond acceptors (Lipinski definition) is 4. The molecule has 3 rings (SSSR count). The molecule has 132 valence electrons. The SMILES string of the molecule is COc1cc(=O)n(-c2ccccc2)nc1C(=O)N[C@H](C)c1ccccc1. The second-order valence-corrected chi connectivity index (χ2v) is 5.75. The Balaban J connectivity index is 1.95. The van der Waals surface area contributed by atoms with Gasteiger partial charge in [0.1, 0.15) is 0 Å². The lowest BCUT2D eigenvalue weighted by Gasteiger charge is -2.16. The lowest BCUT2D eigenvalue weighted by Crippen LogP contribution is -2.31. The zero-order chi connectivity index (χ0) is 18.5. The Morgan fingerprint density at radius 2 is 1.69 bits per heavy atom. The monoisotopic (exact) mass is 349 g/mol. The summed E-state index contributed by atoms with van der Waals surface area (Å²) in [6, 6.07) is 19.6. The first-order valence-corrected chi connectivity index (χ1v) is 8.19. The van der Waals surface area contributed by atoms with Gasteiger partial charge in [-0.3, -0.25) is 9.59 Å². The van der Waals surface area contributed by atoms with Crippen molar-refractivity contribution >= 4 is 5.91 Å². The second-order valence-electron chi connectivity index (χ2n) is 5.75. The molecule has 1 N–H and O–H groups in total. The van der Waals surface area contributed by atoms with Crippen LogP contribution in [-0.2, 0) is 0 Å². The number of para-hydroxylation sites is 1. The van der Waals surface area contributed by atoms with Crippen LogP contribution >= 0.6 is 0 Å². The van der Waals surface area contributed by atoms with Crippen LogP contribution in [0.25, 0.3) is 5.69 Å². The van der Waals surface area contributed by atoms with Gasteiger partial charge in [0.2, 0.25) is 0 Å². The number of rotatable bonds is 5. The quantitative estimate of drug-likeness (QED) is 0.769. The zero-order valence-corrected chi connectivity index (χ0v) is 14.5. The molecule has 0 spiro atoms. The van der Waals surface area contributed by atoms with Gasteiger partial charge < -0.3 is 10.1 Å².